The van der Waals surface area contributed by atoms with Crippen molar-refractivity contribution in [2.24, 2.45) is 0 Å². The number of methoxy groups -OCH3 is 1. The topological polar surface area (TPSA) is 67.3 Å². The first-order valence-corrected chi connectivity index (χ1v) is 4.74. The third-order valence-electron chi connectivity index (χ3n) is 1.44. The third kappa shape index (κ3) is 3.25. The molecule has 1 aromatic heterocycles. The van der Waals surface area contributed by atoms with E-state index in [4.69, 9.17) is 9.84 Å². The van der Waals surface area contributed by atoms with Gasteiger partial charge in [0.15, 0.2) is 0 Å². The number of nitrogens with zero attached hydrogens (tertiary/aromatic N) is 2. The molecule has 1 rings (SSSR count). The molecule has 0 aliphatic carbocycles. The highest BCUT2D eigenvalue weighted by molar-refractivity contribution is 7.15. The van der Waals surface area contributed by atoms with Crippen LogP contribution in [0.1, 0.15) is 5.01 Å². The fourth-order valence-electron chi connectivity index (χ4n) is 0.871. The highest BCUT2D eigenvalue weighted by Gasteiger charge is 2.08. The molecule has 0 fully saturated rings. The number of hydrogen-bond acceptors (Lipinski definition) is 6. The molecule has 1 atom stereocenters. The van der Waals surface area contributed by atoms with Gasteiger partial charge in [-0.2, -0.15) is 0 Å². The number of hydrogen-bond donors (Lipinski definition) is 2. The van der Waals surface area contributed by atoms with Crippen LogP contribution in [0.2, 0.25) is 0 Å². The summed E-state index contributed by atoms with van der Waals surface area (Å²) in [5.74, 6) is 0. The quantitative estimate of drug-likeness (QED) is 0.718. The van der Waals surface area contributed by atoms with Crippen LogP contribution in [0.5, 0.6) is 0 Å². The molecule has 0 aromatic carbocycles. The fraction of sp³-hybridized carbons (Fsp3) is 0.714. The Balaban J connectivity index is 2.46. The van der Waals surface area contributed by atoms with Crippen molar-refractivity contribution in [2.45, 2.75) is 13.0 Å². The smallest absolute Gasteiger partial charge is 0.206 e. The van der Waals surface area contributed by atoms with E-state index in [1.54, 1.807) is 7.11 Å². The predicted molar refractivity (Wildman–Crippen MR) is 51.0 cm³/mol. The van der Waals surface area contributed by atoms with Gasteiger partial charge in [0, 0.05) is 7.11 Å². The maximum Gasteiger partial charge on any atom is 0.206 e. The van der Waals surface area contributed by atoms with Gasteiger partial charge in [0.2, 0.25) is 5.13 Å². The zero-order valence-corrected chi connectivity index (χ0v) is 8.47. The van der Waals surface area contributed by atoms with Crippen molar-refractivity contribution >= 4 is 16.5 Å². The minimum atomic E-state index is -0.114. The molecule has 1 aromatic rings. The van der Waals surface area contributed by atoms with Crippen LogP contribution in [0.15, 0.2) is 0 Å². The third-order valence-corrected chi connectivity index (χ3v) is 2.21. The summed E-state index contributed by atoms with van der Waals surface area (Å²) in [5, 5.41) is 21.3. The summed E-state index contributed by atoms with van der Waals surface area (Å²) < 4.78 is 4.91. The lowest BCUT2D eigenvalue weighted by Crippen LogP contribution is -2.28. The molecule has 0 radical (unpaired) electrons. The molecular weight excluding hydrogens is 190 g/mol. The van der Waals surface area contributed by atoms with Crippen molar-refractivity contribution in [1.82, 2.24) is 10.2 Å². The van der Waals surface area contributed by atoms with Gasteiger partial charge in [0.25, 0.3) is 0 Å². The van der Waals surface area contributed by atoms with E-state index in [0.717, 1.165) is 5.01 Å². The van der Waals surface area contributed by atoms with Gasteiger partial charge in [-0.15, -0.1) is 10.2 Å². The summed E-state index contributed by atoms with van der Waals surface area (Å²) >= 11 is 1.46. The summed E-state index contributed by atoms with van der Waals surface area (Å²) in [6, 6.07) is -0.114. The van der Waals surface area contributed by atoms with Crippen LogP contribution in [-0.4, -0.2) is 41.7 Å². The van der Waals surface area contributed by atoms with E-state index in [1.807, 2.05) is 6.92 Å². The van der Waals surface area contributed by atoms with Gasteiger partial charge in [-0.05, 0) is 6.92 Å². The molecule has 0 spiro atoms. The van der Waals surface area contributed by atoms with E-state index < -0.39 is 0 Å². The van der Waals surface area contributed by atoms with Gasteiger partial charge in [-0.25, -0.2) is 0 Å². The fourth-order valence-corrected chi connectivity index (χ4v) is 1.54. The van der Waals surface area contributed by atoms with Crippen molar-refractivity contribution in [3.63, 3.8) is 0 Å². The number of aromatic nitrogens is 2. The molecule has 0 saturated heterocycles. The molecule has 13 heavy (non-hydrogen) atoms. The second kappa shape index (κ2) is 5.11. The summed E-state index contributed by atoms with van der Waals surface area (Å²) in [6.07, 6.45) is 0. The summed E-state index contributed by atoms with van der Waals surface area (Å²) in [4.78, 5) is 0. The Morgan fingerprint density at radius 2 is 2.38 bits per heavy atom. The number of aliphatic hydroxyl groups is 1. The Morgan fingerprint density at radius 3 is 2.85 bits per heavy atom. The molecule has 74 valence electrons. The minimum absolute atomic E-state index is 0.0203. The van der Waals surface area contributed by atoms with Gasteiger partial charge in [-0.3, -0.25) is 0 Å². The number of nitrogens with one attached hydrogen (secondary N) is 1. The number of ether oxygens (including phenoxy) is 1. The lowest BCUT2D eigenvalue weighted by molar-refractivity contribution is 0.153. The molecule has 0 bridgehead atoms. The molecule has 1 heterocycles. The van der Waals surface area contributed by atoms with Crippen molar-refractivity contribution < 1.29 is 9.84 Å². The van der Waals surface area contributed by atoms with E-state index in [9.17, 15) is 0 Å². The molecule has 0 amide bonds. The molecule has 0 aliphatic heterocycles. The zero-order valence-electron chi connectivity index (χ0n) is 7.65. The lowest BCUT2D eigenvalue weighted by atomic mass is 10.3. The zero-order chi connectivity index (χ0) is 9.68. The van der Waals surface area contributed by atoms with Crippen LogP contribution in [0, 0.1) is 6.92 Å². The molecule has 5 nitrogen and oxygen atoms in total. The van der Waals surface area contributed by atoms with Crippen LogP contribution in [0.3, 0.4) is 0 Å². The standard InChI is InChI=1S/C7H13N3O2S/c1-5-9-10-7(13-5)8-6(3-11)4-12-2/h6,11H,3-4H2,1-2H3,(H,8,10). The maximum absolute atomic E-state index is 8.94. The first kappa shape index (κ1) is 10.4. The van der Waals surface area contributed by atoms with Crippen molar-refractivity contribution in [1.29, 1.82) is 0 Å². The SMILES string of the molecule is COCC(CO)Nc1nnc(C)s1. The highest BCUT2D eigenvalue weighted by Crippen LogP contribution is 2.14. The number of anilines is 1. The Bertz CT molecular complexity index is 254. The molecular formula is C7H13N3O2S. The average molecular weight is 203 g/mol. The molecule has 6 heteroatoms. The lowest BCUT2D eigenvalue weighted by Gasteiger charge is -2.13. The van der Waals surface area contributed by atoms with Gasteiger partial charge in [-0.1, -0.05) is 11.3 Å². The monoisotopic (exact) mass is 203 g/mol. The normalized spacial score (nSPS) is 12.8. The van der Waals surface area contributed by atoms with Gasteiger partial charge >= 0.3 is 0 Å². The van der Waals surface area contributed by atoms with Gasteiger partial charge < -0.3 is 15.2 Å². The van der Waals surface area contributed by atoms with E-state index in [2.05, 4.69) is 15.5 Å². The second-order valence-electron chi connectivity index (χ2n) is 2.61. The van der Waals surface area contributed by atoms with E-state index in [1.165, 1.54) is 11.3 Å². The average Bonchev–Trinajstić information content (AvgIpc) is 2.50. The van der Waals surface area contributed by atoms with E-state index in [0.29, 0.717) is 11.7 Å². The summed E-state index contributed by atoms with van der Waals surface area (Å²) in [7, 11) is 1.59. The Kier molecular flexibility index (Phi) is 4.07. The first-order chi connectivity index (χ1) is 6.26. The van der Waals surface area contributed by atoms with Crippen LogP contribution in [-0.2, 0) is 4.74 Å². The van der Waals surface area contributed by atoms with Gasteiger partial charge in [0.1, 0.15) is 5.01 Å². The summed E-state index contributed by atoms with van der Waals surface area (Å²) in [6.45, 7) is 2.36. The Labute approximate surface area is 80.8 Å². The Morgan fingerprint density at radius 1 is 1.62 bits per heavy atom. The number of rotatable bonds is 5. The van der Waals surface area contributed by atoms with E-state index in [-0.39, 0.29) is 12.6 Å². The first-order valence-electron chi connectivity index (χ1n) is 3.92. The maximum atomic E-state index is 8.94. The predicted octanol–water partition coefficient (Wildman–Crippen LogP) is 0.266. The number of aryl methyl sites for hydroxylation is 1. The highest BCUT2D eigenvalue weighted by atomic mass is 32.1. The van der Waals surface area contributed by atoms with E-state index >= 15 is 0 Å². The Hall–Kier alpha value is -0.720. The van der Waals surface area contributed by atoms with Crippen molar-refractivity contribution in [3.8, 4) is 0 Å². The molecule has 0 saturated carbocycles. The van der Waals surface area contributed by atoms with Crippen LogP contribution in [0.25, 0.3) is 0 Å². The minimum Gasteiger partial charge on any atom is -0.394 e. The van der Waals surface area contributed by atoms with Gasteiger partial charge in [0.05, 0.1) is 19.3 Å². The van der Waals surface area contributed by atoms with Crippen LogP contribution < -0.4 is 5.32 Å². The summed E-state index contributed by atoms with van der Waals surface area (Å²) in [5.41, 5.74) is 0. The molecule has 0 aliphatic rings. The number of aliphatic hydroxyl groups excluding tert-OH is 1. The van der Waals surface area contributed by atoms with Crippen molar-refractivity contribution in [3.05, 3.63) is 5.01 Å². The van der Waals surface area contributed by atoms with Crippen LogP contribution in [0.4, 0.5) is 5.13 Å². The second-order valence-corrected chi connectivity index (χ2v) is 3.79. The largest absolute Gasteiger partial charge is 0.394 e. The van der Waals surface area contributed by atoms with Crippen molar-refractivity contribution in [2.75, 3.05) is 25.6 Å². The molecule has 2 N–H and O–H groups in total. The molecule has 1 unspecified atom stereocenters. The van der Waals surface area contributed by atoms with Crippen LogP contribution >= 0.6 is 11.3 Å².